The molecule has 1 atom stereocenters. The molecule has 0 radical (unpaired) electrons. The van der Waals surface area contributed by atoms with Gasteiger partial charge in [0, 0.05) is 30.2 Å². The normalized spacial score (nSPS) is 12.5. The van der Waals surface area contributed by atoms with Gasteiger partial charge in [0.25, 0.3) is 0 Å². The molecule has 3 rings (SSSR count). The summed E-state index contributed by atoms with van der Waals surface area (Å²) in [4.78, 5) is 19.2. The lowest BCUT2D eigenvalue weighted by molar-refractivity contribution is -0.123. The lowest BCUT2D eigenvalue weighted by Gasteiger charge is -2.23. The molecule has 3 N–H and O–H groups in total. The van der Waals surface area contributed by atoms with Crippen LogP contribution in [0, 0.1) is 5.92 Å². The fraction of sp³-hybridized carbons (Fsp3) is 0.483. The highest BCUT2D eigenvalue weighted by Crippen LogP contribution is 2.20. The van der Waals surface area contributed by atoms with Crippen molar-refractivity contribution >= 4 is 16.8 Å². The van der Waals surface area contributed by atoms with Crippen molar-refractivity contribution in [1.29, 1.82) is 0 Å². The number of nitrogens with one attached hydrogen (secondary N) is 3. The average Bonchev–Trinajstić information content (AvgIpc) is 3.29. The molecule has 1 heterocycles. The maximum Gasteiger partial charge on any atom is 0.237 e. The van der Waals surface area contributed by atoms with Gasteiger partial charge >= 0.3 is 0 Å². The first kappa shape index (κ1) is 26.0. The molecule has 0 unspecified atom stereocenters. The Balaban J connectivity index is 1.72. The second kappa shape index (κ2) is 13.3. The number of hydrogen-bond acceptors (Lipinski definition) is 3. The quantitative estimate of drug-likeness (QED) is 0.306. The Labute approximate surface area is 205 Å². The Morgan fingerprint density at radius 2 is 1.59 bits per heavy atom. The Morgan fingerprint density at radius 1 is 0.912 bits per heavy atom. The highest BCUT2D eigenvalue weighted by molar-refractivity contribution is 5.86. The summed E-state index contributed by atoms with van der Waals surface area (Å²) >= 11 is 0. The maximum atomic E-state index is 13.4. The van der Waals surface area contributed by atoms with Crippen LogP contribution in [-0.2, 0) is 24.3 Å². The smallest absolute Gasteiger partial charge is 0.237 e. The van der Waals surface area contributed by atoms with Gasteiger partial charge in [-0.3, -0.25) is 9.69 Å². The van der Waals surface area contributed by atoms with E-state index in [2.05, 4.69) is 90.7 Å². The van der Waals surface area contributed by atoms with Gasteiger partial charge < -0.3 is 15.6 Å². The zero-order valence-corrected chi connectivity index (χ0v) is 21.4. The summed E-state index contributed by atoms with van der Waals surface area (Å²) in [5, 5.41) is 8.02. The number of amides is 1. The lowest BCUT2D eigenvalue weighted by Crippen LogP contribution is -2.46. The number of carbonyl (C=O) groups excluding carboxylic acids is 1. The van der Waals surface area contributed by atoms with Gasteiger partial charge in [-0.15, -0.1) is 0 Å². The number of para-hydroxylation sites is 1. The molecule has 0 aliphatic carbocycles. The van der Waals surface area contributed by atoms with E-state index in [1.807, 2.05) is 12.3 Å². The van der Waals surface area contributed by atoms with Gasteiger partial charge in [-0.1, -0.05) is 83.0 Å². The number of aromatic nitrogens is 1. The summed E-state index contributed by atoms with van der Waals surface area (Å²) in [6.07, 6.45) is 4.94. The molecule has 34 heavy (non-hydrogen) atoms. The van der Waals surface area contributed by atoms with E-state index in [1.54, 1.807) is 0 Å². The van der Waals surface area contributed by atoms with Gasteiger partial charge in [0.05, 0.1) is 6.04 Å². The summed E-state index contributed by atoms with van der Waals surface area (Å²) in [7, 11) is 0. The number of H-pyrrole nitrogens is 1. The molecule has 0 aliphatic heterocycles. The minimum Gasteiger partial charge on any atom is -0.361 e. The van der Waals surface area contributed by atoms with Crippen LogP contribution < -0.4 is 10.6 Å². The number of hydrogen-bond donors (Lipinski definition) is 3. The van der Waals surface area contributed by atoms with Crippen molar-refractivity contribution in [2.75, 3.05) is 19.6 Å². The van der Waals surface area contributed by atoms with Gasteiger partial charge in [0.2, 0.25) is 5.91 Å². The van der Waals surface area contributed by atoms with E-state index < -0.39 is 0 Å². The third-order valence-corrected chi connectivity index (χ3v) is 7.08. The molecule has 0 fully saturated rings. The average molecular weight is 463 g/mol. The number of benzene rings is 2. The van der Waals surface area contributed by atoms with Crippen LogP contribution in [0.1, 0.15) is 57.2 Å². The van der Waals surface area contributed by atoms with Crippen molar-refractivity contribution in [2.24, 2.45) is 5.92 Å². The molecule has 3 aromatic rings. The van der Waals surface area contributed by atoms with Gasteiger partial charge in [-0.05, 0) is 54.7 Å². The number of nitrogens with zero attached hydrogens (tertiary/aromatic N) is 1. The van der Waals surface area contributed by atoms with E-state index in [1.165, 1.54) is 22.1 Å². The monoisotopic (exact) mass is 462 g/mol. The van der Waals surface area contributed by atoms with Crippen molar-refractivity contribution in [3.05, 3.63) is 71.4 Å². The highest BCUT2D eigenvalue weighted by atomic mass is 16.2. The molecular formula is C29H42N4O. The van der Waals surface area contributed by atoms with E-state index in [-0.39, 0.29) is 11.9 Å². The van der Waals surface area contributed by atoms with Crippen LogP contribution in [0.3, 0.4) is 0 Å². The lowest BCUT2D eigenvalue weighted by atomic mass is 10.0. The molecule has 2 aromatic carbocycles. The van der Waals surface area contributed by atoms with Crippen molar-refractivity contribution in [2.45, 2.75) is 66.1 Å². The van der Waals surface area contributed by atoms with Gasteiger partial charge in [-0.25, -0.2) is 0 Å². The standard InChI is InChI=1S/C29H42N4O/c1-5-22(6-2)18-30-28(17-25-20-31-27-16-12-11-15-26(25)27)29(34)32-19-23-13-9-10-14-24(23)21-33(7-3)8-4/h9-16,20,22,28,30-31H,5-8,17-19,21H2,1-4H3,(H,32,34)/t28-/m0/s1. The molecule has 5 heteroatoms. The van der Waals surface area contributed by atoms with Crippen molar-refractivity contribution < 1.29 is 4.79 Å². The first-order valence-corrected chi connectivity index (χ1v) is 12.9. The molecule has 1 amide bonds. The Hall–Kier alpha value is -2.63. The van der Waals surface area contributed by atoms with Gasteiger partial charge in [0.15, 0.2) is 0 Å². The Bertz CT molecular complexity index is 1020. The number of carbonyl (C=O) groups is 1. The van der Waals surface area contributed by atoms with Crippen LogP contribution in [-0.4, -0.2) is 41.5 Å². The SMILES string of the molecule is CCC(CC)CN[C@@H](Cc1c[nH]c2ccccc12)C(=O)NCc1ccccc1CN(CC)CC. The summed E-state index contributed by atoms with van der Waals surface area (Å²) in [6, 6.07) is 16.5. The molecule has 0 bridgehead atoms. The minimum atomic E-state index is -0.269. The molecule has 0 aliphatic rings. The van der Waals surface area contributed by atoms with Crippen LogP contribution in [0.15, 0.2) is 54.7 Å². The van der Waals surface area contributed by atoms with Crippen LogP contribution >= 0.6 is 0 Å². The number of rotatable bonds is 14. The van der Waals surface area contributed by atoms with E-state index in [0.29, 0.717) is 18.9 Å². The fourth-order valence-electron chi connectivity index (χ4n) is 4.54. The maximum absolute atomic E-state index is 13.4. The first-order valence-electron chi connectivity index (χ1n) is 12.9. The Morgan fingerprint density at radius 3 is 2.29 bits per heavy atom. The third-order valence-electron chi connectivity index (χ3n) is 7.08. The van der Waals surface area contributed by atoms with Crippen LogP contribution in [0.5, 0.6) is 0 Å². The number of aromatic amines is 1. The number of fused-ring (bicyclic) bond motifs is 1. The molecule has 184 valence electrons. The highest BCUT2D eigenvalue weighted by Gasteiger charge is 2.21. The molecule has 0 saturated heterocycles. The minimum absolute atomic E-state index is 0.0638. The van der Waals surface area contributed by atoms with E-state index in [0.717, 1.165) is 44.5 Å². The molecular weight excluding hydrogens is 420 g/mol. The topological polar surface area (TPSA) is 60.2 Å². The zero-order chi connectivity index (χ0) is 24.3. The zero-order valence-electron chi connectivity index (χ0n) is 21.4. The third kappa shape index (κ3) is 6.94. The van der Waals surface area contributed by atoms with Crippen LogP contribution in [0.4, 0.5) is 0 Å². The summed E-state index contributed by atoms with van der Waals surface area (Å²) in [6.45, 7) is 13.2. The second-order valence-corrected chi connectivity index (χ2v) is 9.15. The van der Waals surface area contributed by atoms with E-state index in [4.69, 9.17) is 0 Å². The van der Waals surface area contributed by atoms with Gasteiger partial charge in [-0.2, -0.15) is 0 Å². The molecule has 5 nitrogen and oxygen atoms in total. The summed E-state index contributed by atoms with van der Waals surface area (Å²) in [5.41, 5.74) is 4.76. The molecule has 1 aromatic heterocycles. The van der Waals surface area contributed by atoms with E-state index >= 15 is 0 Å². The van der Waals surface area contributed by atoms with Crippen LogP contribution in [0.25, 0.3) is 10.9 Å². The van der Waals surface area contributed by atoms with Gasteiger partial charge in [0.1, 0.15) is 0 Å². The molecule has 0 saturated carbocycles. The predicted octanol–water partition coefficient (Wildman–Crippen LogP) is 5.26. The van der Waals surface area contributed by atoms with Crippen molar-refractivity contribution in [3.8, 4) is 0 Å². The van der Waals surface area contributed by atoms with E-state index in [9.17, 15) is 4.79 Å². The second-order valence-electron chi connectivity index (χ2n) is 9.15. The largest absolute Gasteiger partial charge is 0.361 e. The van der Waals surface area contributed by atoms with Crippen LogP contribution in [0.2, 0.25) is 0 Å². The molecule has 0 spiro atoms. The predicted molar refractivity (Wildman–Crippen MR) is 143 cm³/mol. The summed E-state index contributed by atoms with van der Waals surface area (Å²) < 4.78 is 0. The first-order chi connectivity index (χ1) is 16.6. The van der Waals surface area contributed by atoms with Crippen molar-refractivity contribution in [1.82, 2.24) is 20.5 Å². The Kier molecular flexibility index (Phi) is 10.2. The van der Waals surface area contributed by atoms with Crippen molar-refractivity contribution in [3.63, 3.8) is 0 Å². The fourth-order valence-corrected chi connectivity index (χ4v) is 4.54. The summed E-state index contributed by atoms with van der Waals surface area (Å²) in [5.74, 6) is 0.641.